The van der Waals surface area contributed by atoms with Crippen molar-refractivity contribution in [3.05, 3.63) is 12.2 Å². The first-order chi connectivity index (χ1) is 5.21. The van der Waals surface area contributed by atoms with Crippen LogP contribution in [0.25, 0.3) is 0 Å². The largest absolute Gasteiger partial charge is 0.369 e. The molecular weight excluding hydrogens is 138 g/mol. The fraction of sp³-hybridized carbons (Fsp3) is 0.778. The van der Waals surface area contributed by atoms with E-state index in [2.05, 4.69) is 26.2 Å². The average molecular weight is 154 g/mol. The van der Waals surface area contributed by atoms with Crippen molar-refractivity contribution in [1.82, 2.24) is 0 Å². The van der Waals surface area contributed by atoms with Crippen LogP contribution >= 0.6 is 0 Å². The van der Waals surface area contributed by atoms with Crippen molar-refractivity contribution in [3.8, 4) is 0 Å². The number of quaternary nitrogens is 1. The van der Waals surface area contributed by atoms with Crippen molar-refractivity contribution < 1.29 is 9.22 Å². The quantitative estimate of drug-likeness (QED) is 0.370. The molecule has 2 heterocycles. The van der Waals surface area contributed by atoms with E-state index in [0.29, 0.717) is 12.1 Å². The van der Waals surface area contributed by atoms with Gasteiger partial charge in [0.2, 0.25) is 0 Å². The number of nitrogens with zero attached hydrogens (tertiary/aromatic N) is 1. The van der Waals surface area contributed by atoms with Crippen molar-refractivity contribution in [2.45, 2.75) is 18.5 Å². The zero-order chi connectivity index (χ0) is 7.90. The third-order valence-electron chi connectivity index (χ3n) is 3.16. The Bertz CT molecular complexity index is 186. The highest BCUT2D eigenvalue weighted by atomic mass is 16.5. The summed E-state index contributed by atoms with van der Waals surface area (Å²) in [6.45, 7) is 1.84. The zero-order valence-electron chi connectivity index (χ0n) is 7.29. The topological polar surface area (TPSA) is 9.23 Å². The van der Waals surface area contributed by atoms with Gasteiger partial charge in [0.15, 0.2) is 0 Å². The van der Waals surface area contributed by atoms with E-state index in [1.807, 2.05) is 0 Å². The number of likely N-dealkylation sites (N-methyl/N-ethyl adjacent to an activating group) is 1. The molecule has 2 heteroatoms. The van der Waals surface area contributed by atoms with Gasteiger partial charge in [-0.15, -0.1) is 0 Å². The van der Waals surface area contributed by atoms with Gasteiger partial charge in [0.05, 0.1) is 20.7 Å². The van der Waals surface area contributed by atoms with Crippen molar-refractivity contribution in [2.24, 2.45) is 0 Å². The SMILES string of the molecule is C[N+]1(C)[C@H]2CC=C[C@@H]1COC2. The molecule has 2 rings (SSSR count). The number of fused-ring (bicyclic) bond motifs is 2. The zero-order valence-corrected chi connectivity index (χ0v) is 7.29. The van der Waals surface area contributed by atoms with E-state index in [1.165, 1.54) is 6.42 Å². The standard InChI is InChI=1S/C9H16NO/c1-10(2)8-4-3-5-9(10)7-11-6-8/h3-4,8-9H,5-7H2,1-2H3/q+1/t8-,9+/m1/s1. The van der Waals surface area contributed by atoms with Crippen LogP contribution in [-0.4, -0.2) is 43.9 Å². The summed E-state index contributed by atoms with van der Waals surface area (Å²) in [5, 5.41) is 0. The van der Waals surface area contributed by atoms with Gasteiger partial charge < -0.3 is 9.22 Å². The van der Waals surface area contributed by atoms with Gasteiger partial charge in [-0.3, -0.25) is 0 Å². The molecule has 62 valence electrons. The third kappa shape index (κ3) is 1.01. The lowest BCUT2D eigenvalue weighted by molar-refractivity contribution is -0.942. The molecule has 2 nitrogen and oxygen atoms in total. The number of morpholine rings is 1. The first-order valence-corrected chi connectivity index (χ1v) is 4.29. The summed E-state index contributed by atoms with van der Waals surface area (Å²) in [4.78, 5) is 0. The van der Waals surface area contributed by atoms with Crippen molar-refractivity contribution >= 4 is 0 Å². The Balaban J connectivity index is 2.28. The Labute approximate surface area is 68.0 Å². The molecule has 1 saturated heterocycles. The van der Waals surface area contributed by atoms with Crippen LogP contribution < -0.4 is 0 Å². The third-order valence-corrected chi connectivity index (χ3v) is 3.16. The second-order valence-corrected chi connectivity index (χ2v) is 4.05. The molecule has 2 bridgehead atoms. The lowest BCUT2D eigenvalue weighted by Gasteiger charge is -2.48. The Morgan fingerprint density at radius 3 is 2.82 bits per heavy atom. The molecule has 0 N–H and O–H groups in total. The van der Waals surface area contributed by atoms with Gasteiger partial charge in [-0.2, -0.15) is 0 Å². The molecule has 0 spiro atoms. The molecule has 0 radical (unpaired) electrons. The van der Waals surface area contributed by atoms with Crippen LogP contribution in [0, 0.1) is 0 Å². The van der Waals surface area contributed by atoms with Gasteiger partial charge in [0.25, 0.3) is 0 Å². The molecule has 0 aliphatic carbocycles. The summed E-state index contributed by atoms with van der Waals surface area (Å²) in [6, 6.07) is 1.29. The first-order valence-electron chi connectivity index (χ1n) is 4.29. The molecule has 0 aromatic carbocycles. The predicted octanol–water partition coefficient (Wildman–Crippen LogP) is 0.790. The first kappa shape index (κ1) is 7.32. The normalized spacial score (nSPS) is 40.5. The number of hydrogen-bond donors (Lipinski definition) is 0. The highest BCUT2D eigenvalue weighted by Crippen LogP contribution is 2.26. The molecule has 0 unspecified atom stereocenters. The molecule has 11 heavy (non-hydrogen) atoms. The van der Waals surface area contributed by atoms with E-state index in [1.54, 1.807) is 0 Å². The minimum atomic E-state index is 0.600. The van der Waals surface area contributed by atoms with Gasteiger partial charge in [-0.05, 0) is 6.08 Å². The summed E-state index contributed by atoms with van der Waals surface area (Å²) in [5.41, 5.74) is 0. The highest BCUT2D eigenvalue weighted by Gasteiger charge is 2.40. The summed E-state index contributed by atoms with van der Waals surface area (Å²) in [7, 11) is 4.61. The average Bonchev–Trinajstić information content (AvgIpc) is 1.82. The smallest absolute Gasteiger partial charge is 0.131 e. The number of hydrogen-bond acceptors (Lipinski definition) is 1. The van der Waals surface area contributed by atoms with Gasteiger partial charge >= 0.3 is 0 Å². The van der Waals surface area contributed by atoms with Crippen molar-refractivity contribution in [2.75, 3.05) is 27.3 Å². The van der Waals surface area contributed by atoms with E-state index in [0.717, 1.165) is 17.7 Å². The maximum atomic E-state index is 5.51. The molecule has 1 fully saturated rings. The molecule has 2 aliphatic heterocycles. The predicted molar refractivity (Wildman–Crippen MR) is 44.3 cm³/mol. The maximum absolute atomic E-state index is 5.51. The summed E-state index contributed by atoms with van der Waals surface area (Å²) >= 11 is 0. The van der Waals surface area contributed by atoms with Crippen LogP contribution in [0.3, 0.4) is 0 Å². The second kappa shape index (κ2) is 2.32. The second-order valence-electron chi connectivity index (χ2n) is 4.05. The Kier molecular flexibility index (Phi) is 1.55. The van der Waals surface area contributed by atoms with Crippen LogP contribution in [0.5, 0.6) is 0 Å². The molecular formula is C9H16NO+. The van der Waals surface area contributed by atoms with Gasteiger partial charge in [-0.25, -0.2) is 0 Å². The fourth-order valence-electron chi connectivity index (χ4n) is 1.99. The monoisotopic (exact) mass is 154 g/mol. The summed E-state index contributed by atoms with van der Waals surface area (Å²) < 4.78 is 6.63. The van der Waals surface area contributed by atoms with Crippen LogP contribution in [0.1, 0.15) is 6.42 Å². The molecule has 0 aromatic heterocycles. The van der Waals surface area contributed by atoms with E-state index in [-0.39, 0.29) is 0 Å². The van der Waals surface area contributed by atoms with Crippen LogP contribution in [0.15, 0.2) is 12.2 Å². The van der Waals surface area contributed by atoms with E-state index < -0.39 is 0 Å². The van der Waals surface area contributed by atoms with Crippen LogP contribution in [0.4, 0.5) is 0 Å². The summed E-state index contributed by atoms with van der Waals surface area (Å²) in [6.07, 6.45) is 5.79. The minimum absolute atomic E-state index is 0.600. The van der Waals surface area contributed by atoms with Crippen molar-refractivity contribution in [1.29, 1.82) is 0 Å². The Morgan fingerprint density at radius 1 is 1.36 bits per heavy atom. The fourth-order valence-corrected chi connectivity index (χ4v) is 1.99. The highest BCUT2D eigenvalue weighted by molar-refractivity contribution is 4.98. The lowest BCUT2D eigenvalue weighted by Crippen LogP contribution is -2.63. The van der Waals surface area contributed by atoms with Crippen LogP contribution in [0.2, 0.25) is 0 Å². The van der Waals surface area contributed by atoms with Gasteiger partial charge in [0, 0.05) is 6.42 Å². The Morgan fingerprint density at radius 2 is 2.18 bits per heavy atom. The molecule has 2 atom stereocenters. The number of rotatable bonds is 0. The van der Waals surface area contributed by atoms with E-state index >= 15 is 0 Å². The molecule has 0 aromatic rings. The molecule has 0 amide bonds. The van der Waals surface area contributed by atoms with E-state index in [4.69, 9.17) is 4.74 Å². The van der Waals surface area contributed by atoms with Crippen LogP contribution in [-0.2, 0) is 4.74 Å². The lowest BCUT2D eigenvalue weighted by atomic mass is 9.99. The maximum Gasteiger partial charge on any atom is 0.131 e. The minimum Gasteiger partial charge on any atom is -0.369 e. The Hall–Kier alpha value is -0.340. The number of ether oxygens (including phenoxy) is 1. The molecule has 2 aliphatic rings. The van der Waals surface area contributed by atoms with E-state index in [9.17, 15) is 0 Å². The summed E-state index contributed by atoms with van der Waals surface area (Å²) in [5.74, 6) is 0. The van der Waals surface area contributed by atoms with Gasteiger partial charge in [-0.1, -0.05) is 6.08 Å². The van der Waals surface area contributed by atoms with Gasteiger partial charge in [0.1, 0.15) is 18.7 Å². The van der Waals surface area contributed by atoms with Crippen molar-refractivity contribution in [3.63, 3.8) is 0 Å². The molecule has 0 saturated carbocycles.